The molecule has 0 saturated heterocycles. The first-order valence-electron chi connectivity index (χ1n) is 4.94. The van der Waals surface area contributed by atoms with Crippen molar-refractivity contribution in [3.05, 3.63) is 38.9 Å². The van der Waals surface area contributed by atoms with E-state index in [1.165, 1.54) is 6.07 Å². The van der Waals surface area contributed by atoms with E-state index in [2.05, 4.69) is 0 Å². The van der Waals surface area contributed by atoms with Gasteiger partial charge in [0.2, 0.25) is 0 Å². The molecule has 0 heterocycles. The third-order valence-electron chi connectivity index (χ3n) is 2.49. The van der Waals surface area contributed by atoms with E-state index in [1.807, 2.05) is 0 Å². The van der Waals surface area contributed by atoms with Crippen LogP contribution in [0.2, 0.25) is 5.02 Å². The molecular weight excluding hydrogens is 230 g/mol. The summed E-state index contributed by atoms with van der Waals surface area (Å²) in [5, 5.41) is 11.1. The lowest BCUT2D eigenvalue weighted by Gasteiger charge is -2.10. The van der Waals surface area contributed by atoms with E-state index in [4.69, 9.17) is 11.6 Å². The molecule has 0 fully saturated rings. The maximum atomic E-state index is 11.5. The molecule has 0 saturated carbocycles. The Hall–Kier alpha value is -1.42. The fourth-order valence-electron chi connectivity index (χ4n) is 1.52. The highest BCUT2D eigenvalue weighted by molar-refractivity contribution is 6.30. The molecule has 0 amide bonds. The molecule has 0 bridgehead atoms. The van der Waals surface area contributed by atoms with E-state index in [0.717, 1.165) is 0 Å². The first-order chi connectivity index (χ1) is 7.47. The van der Waals surface area contributed by atoms with Crippen LogP contribution >= 0.6 is 11.6 Å². The van der Waals surface area contributed by atoms with Crippen LogP contribution in [0.15, 0.2) is 18.2 Å². The minimum Gasteiger partial charge on any atom is -0.299 e. The van der Waals surface area contributed by atoms with Crippen molar-refractivity contribution in [1.82, 2.24) is 0 Å². The van der Waals surface area contributed by atoms with Gasteiger partial charge in [0.15, 0.2) is 0 Å². The molecule has 1 rings (SSSR count). The van der Waals surface area contributed by atoms with Gasteiger partial charge in [0.1, 0.15) is 5.78 Å². The largest absolute Gasteiger partial charge is 0.299 e. The smallest absolute Gasteiger partial charge is 0.274 e. The lowest BCUT2D eigenvalue weighted by Crippen LogP contribution is -2.09. The summed E-state index contributed by atoms with van der Waals surface area (Å²) in [4.78, 5) is 21.8. The average molecular weight is 242 g/mol. The molecule has 1 aromatic rings. The summed E-state index contributed by atoms with van der Waals surface area (Å²) in [6.45, 7) is 3.41. The van der Waals surface area contributed by atoms with Gasteiger partial charge in [0.05, 0.1) is 4.92 Å². The first kappa shape index (κ1) is 12.6. The molecule has 0 aliphatic rings. The van der Waals surface area contributed by atoms with Gasteiger partial charge in [-0.3, -0.25) is 14.9 Å². The number of nitrogens with zero attached hydrogens (tertiary/aromatic N) is 1. The average Bonchev–Trinajstić information content (AvgIpc) is 2.26. The normalized spacial score (nSPS) is 12.2. The quantitative estimate of drug-likeness (QED) is 0.600. The third kappa shape index (κ3) is 2.58. The van der Waals surface area contributed by atoms with E-state index in [0.29, 0.717) is 17.0 Å². The van der Waals surface area contributed by atoms with Crippen molar-refractivity contribution < 1.29 is 9.72 Å². The molecule has 1 aromatic carbocycles. The molecule has 1 unspecified atom stereocenters. The first-order valence-corrected chi connectivity index (χ1v) is 5.31. The second kappa shape index (κ2) is 5.07. The minimum atomic E-state index is -0.513. The van der Waals surface area contributed by atoms with Gasteiger partial charge in [-0.25, -0.2) is 0 Å². The SMILES string of the molecule is CCC(=O)C(C)c1ccc(Cl)cc1[N+](=O)[O-]. The summed E-state index contributed by atoms with van der Waals surface area (Å²) < 4.78 is 0. The Kier molecular flexibility index (Phi) is 4.01. The Balaban J connectivity index is 3.22. The molecule has 0 aliphatic carbocycles. The zero-order valence-electron chi connectivity index (χ0n) is 9.07. The fourth-order valence-corrected chi connectivity index (χ4v) is 1.69. The molecule has 0 N–H and O–H groups in total. The van der Waals surface area contributed by atoms with Crippen molar-refractivity contribution in [3.63, 3.8) is 0 Å². The van der Waals surface area contributed by atoms with Crippen LogP contribution in [-0.2, 0) is 4.79 Å². The Labute approximate surface area is 98.4 Å². The number of rotatable bonds is 4. The molecular formula is C11H12ClNO3. The van der Waals surface area contributed by atoms with Crippen LogP contribution in [-0.4, -0.2) is 10.7 Å². The highest BCUT2D eigenvalue weighted by atomic mass is 35.5. The molecule has 1 atom stereocenters. The van der Waals surface area contributed by atoms with Gasteiger partial charge >= 0.3 is 0 Å². The standard InChI is InChI=1S/C11H12ClNO3/c1-3-11(14)7(2)9-5-4-8(12)6-10(9)13(15)16/h4-7H,3H2,1-2H3. The summed E-state index contributed by atoms with van der Waals surface area (Å²) in [6.07, 6.45) is 0.362. The summed E-state index contributed by atoms with van der Waals surface area (Å²) in [7, 11) is 0. The summed E-state index contributed by atoms with van der Waals surface area (Å²) in [5.74, 6) is -0.493. The molecule has 16 heavy (non-hydrogen) atoms. The number of Topliss-reactive ketones (excluding diaryl/α,β-unsaturated/α-hetero) is 1. The second-order valence-corrected chi connectivity index (χ2v) is 3.94. The van der Waals surface area contributed by atoms with Gasteiger partial charge in [0.25, 0.3) is 5.69 Å². The maximum Gasteiger partial charge on any atom is 0.274 e. The van der Waals surface area contributed by atoms with Crippen molar-refractivity contribution in [2.75, 3.05) is 0 Å². The Morgan fingerprint density at radius 3 is 2.69 bits per heavy atom. The van der Waals surface area contributed by atoms with Gasteiger partial charge in [-0.15, -0.1) is 0 Å². The number of halogens is 1. The molecule has 5 heteroatoms. The predicted octanol–water partition coefficient (Wildman–Crippen LogP) is 3.33. The lowest BCUT2D eigenvalue weighted by molar-refractivity contribution is -0.385. The van der Waals surface area contributed by atoms with Gasteiger partial charge in [0, 0.05) is 29.0 Å². The van der Waals surface area contributed by atoms with E-state index in [9.17, 15) is 14.9 Å². The highest BCUT2D eigenvalue weighted by Crippen LogP contribution is 2.30. The number of carbonyl (C=O) groups is 1. The molecule has 0 aliphatic heterocycles. The predicted molar refractivity (Wildman–Crippen MR) is 61.8 cm³/mol. The molecule has 0 radical (unpaired) electrons. The zero-order valence-corrected chi connectivity index (χ0v) is 9.82. The van der Waals surface area contributed by atoms with Crippen molar-refractivity contribution >= 4 is 23.1 Å². The van der Waals surface area contributed by atoms with Gasteiger partial charge in [-0.1, -0.05) is 25.4 Å². The Morgan fingerprint density at radius 2 is 2.19 bits per heavy atom. The van der Waals surface area contributed by atoms with Crippen LogP contribution in [0, 0.1) is 10.1 Å². The summed E-state index contributed by atoms with van der Waals surface area (Å²) in [6, 6.07) is 4.37. The van der Waals surface area contributed by atoms with Crippen LogP contribution in [0.4, 0.5) is 5.69 Å². The zero-order chi connectivity index (χ0) is 12.3. The van der Waals surface area contributed by atoms with Gasteiger partial charge < -0.3 is 0 Å². The second-order valence-electron chi connectivity index (χ2n) is 3.50. The Morgan fingerprint density at radius 1 is 1.56 bits per heavy atom. The number of ketones is 1. The van der Waals surface area contributed by atoms with E-state index in [-0.39, 0.29) is 11.5 Å². The highest BCUT2D eigenvalue weighted by Gasteiger charge is 2.23. The number of carbonyl (C=O) groups excluding carboxylic acids is 1. The van der Waals surface area contributed by atoms with Crippen LogP contribution in [0.25, 0.3) is 0 Å². The van der Waals surface area contributed by atoms with Crippen molar-refractivity contribution in [2.24, 2.45) is 0 Å². The summed E-state index contributed by atoms with van der Waals surface area (Å²) >= 11 is 5.69. The van der Waals surface area contributed by atoms with E-state index in [1.54, 1.807) is 26.0 Å². The Bertz CT molecular complexity index is 431. The van der Waals surface area contributed by atoms with Crippen molar-refractivity contribution in [1.29, 1.82) is 0 Å². The molecule has 0 aromatic heterocycles. The number of hydrogen-bond acceptors (Lipinski definition) is 3. The number of hydrogen-bond donors (Lipinski definition) is 0. The molecule has 0 spiro atoms. The monoisotopic (exact) mass is 241 g/mol. The van der Waals surface area contributed by atoms with Crippen LogP contribution in [0.5, 0.6) is 0 Å². The topological polar surface area (TPSA) is 60.2 Å². The third-order valence-corrected chi connectivity index (χ3v) is 2.72. The molecule has 86 valence electrons. The minimum absolute atomic E-state index is 0.0228. The number of benzene rings is 1. The number of nitro groups is 1. The van der Waals surface area contributed by atoms with E-state index < -0.39 is 10.8 Å². The molecule has 4 nitrogen and oxygen atoms in total. The van der Waals surface area contributed by atoms with Gasteiger partial charge in [-0.05, 0) is 12.1 Å². The number of nitro benzene ring substituents is 1. The van der Waals surface area contributed by atoms with Crippen LogP contribution in [0.1, 0.15) is 31.7 Å². The van der Waals surface area contributed by atoms with Crippen molar-refractivity contribution in [2.45, 2.75) is 26.2 Å². The van der Waals surface area contributed by atoms with Gasteiger partial charge in [-0.2, -0.15) is 0 Å². The van der Waals surface area contributed by atoms with Crippen LogP contribution in [0.3, 0.4) is 0 Å². The maximum absolute atomic E-state index is 11.5. The van der Waals surface area contributed by atoms with E-state index >= 15 is 0 Å². The fraction of sp³-hybridized carbons (Fsp3) is 0.364. The van der Waals surface area contributed by atoms with Crippen LogP contribution < -0.4 is 0 Å². The summed E-state index contributed by atoms with van der Waals surface area (Å²) in [5.41, 5.74) is 0.322. The lowest BCUT2D eigenvalue weighted by atomic mass is 9.94. The van der Waals surface area contributed by atoms with Crippen molar-refractivity contribution in [3.8, 4) is 0 Å².